The van der Waals surface area contributed by atoms with E-state index in [1.165, 1.54) is 30.3 Å². The Labute approximate surface area is 187 Å². The topological polar surface area (TPSA) is 78.8 Å². The van der Waals surface area contributed by atoms with Gasteiger partial charge in [0.05, 0.1) is 13.2 Å². The van der Waals surface area contributed by atoms with E-state index < -0.39 is 34.3 Å². The first-order valence-corrected chi connectivity index (χ1v) is 11.0. The van der Waals surface area contributed by atoms with Gasteiger partial charge in [-0.2, -0.15) is 5.10 Å². The van der Waals surface area contributed by atoms with Crippen molar-refractivity contribution in [1.29, 1.82) is 0 Å². The average Bonchev–Trinajstić information content (AvgIpc) is 3.17. The molecule has 2 aromatic carbocycles. The molecule has 0 aromatic heterocycles. The zero-order valence-corrected chi connectivity index (χ0v) is 18.4. The zero-order chi connectivity index (χ0) is 23.0. The van der Waals surface area contributed by atoms with Gasteiger partial charge in [0.2, 0.25) is 0 Å². The lowest BCUT2D eigenvalue weighted by Crippen LogP contribution is -2.57. The van der Waals surface area contributed by atoms with Crippen molar-refractivity contribution in [3.05, 3.63) is 65.0 Å². The maximum atomic E-state index is 14.7. The van der Waals surface area contributed by atoms with Crippen molar-refractivity contribution < 1.29 is 33.2 Å². The first-order valence-electron chi connectivity index (χ1n) is 10.1. The van der Waals surface area contributed by atoms with Crippen molar-refractivity contribution in [2.45, 2.75) is 24.3 Å². The third-order valence-electron chi connectivity index (χ3n) is 5.70. The second-order valence-electron chi connectivity index (χ2n) is 7.65. The fourth-order valence-electron chi connectivity index (χ4n) is 4.01. The van der Waals surface area contributed by atoms with Gasteiger partial charge in [-0.3, -0.25) is 4.79 Å². The first kappa shape index (κ1) is 22.6. The van der Waals surface area contributed by atoms with Gasteiger partial charge in [-0.15, -0.1) is 0 Å². The minimum Gasteiger partial charge on any atom is -0.493 e. The molecule has 10 heteroatoms. The number of methoxy groups -OCH3 is 1. The number of fused-ring (bicyclic) bond motifs is 2. The standard InChI is InChI=1S/C22H22F3N3O3S/c1-12(30-2)21(29)28-22(32-20(27-28)16-9-14(23)3-5-18(16)25)13(7-8-26)11-31-19-6-4-15(24)10-17(19)22/h3-6,9-10,12-13H,7-8,11,26H2,1-2H3/p+1. The van der Waals surface area contributed by atoms with E-state index in [4.69, 9.17) is 9.47 Å². The first-order chi connectivity index (χ1) is 15.3. The quantitative estimate of drug-likeness (QED) is 0.735. The number of hydrogen-bond donors (Lipinski definition) is 1. The minimum atomic E-state index is -1.23. The summed E-state index contributed by atoms with van der Waals surface area (Å²) in [7, 11) is 1.39. The molecule has 2 aliphatic heterocycles. The molecule has 3 unspecified atom stereocenters. The number of benzene rings is 2. The minimum absolute atomic E-state index is 0.0763. The van der Waals surface area contributed by atoms with Crippen molar-refractivity contribution in [2.24, 2.45) is 11.0 Å². The van der Waals surface area contributed by atoms with E-state index in [0.29, 0.717) is 24.3 Å². The molecule has 6 nitrogen and oxygen atoms in total. The molecule has 1 amide bonds. The van der Waals surface area contributed by atoms with Crippen molar-refractivity contribution in [2.75, 3.05) is 20.3 Å². The Balaban J connectivity index is 1.94. The lowest BCUT2D eigenvalue weighted by Gasteiger charge is -2.45. The van der Waals surface area contributed by atoms with Crippen molar-refractivity contribution in [3.63, 3.8) is 0 Å². The molecular formula is C22H23F3N3O3S+. The molecule has 0 saturated heterocycles. The number of hydrazone groups is 1. The number of hydrogen-bond acceptors (Lipinski definition) is 5. The van der Waals surface area contributed by atoms with Gasteiger partial charge in [-0.1, -0.05) is 11.8 Å². The van der Waals surface area contributed by atoms with Gasteiger partial charge in [0.1, 0.15) is 34.3 Å². The van der Waals surface area contributed by atoms with Gasteiger partial charge in [0.25, 0.3) is 5.91 Å². The van der Waals surface area contributed by atoms with Gasteiger partial charge in [-0.05, 0) is 43.3 Å². The van der Waals surface area contributed by atoms with Crippen molar-refractivity contribution in [1.82, 2.24) is 5.01 Å². The van der Waals surface area contributed by atoms with Crippen LogP contribution >= 0.6 is 11.8 Å². The van der Waals surface area contributed by atoms with E-state index in [1.807, 2.05) is 0 Å². The van der Waals surface area contributed by atoms with Crippen LogP contribution in [0.5, 0.6) is 5.75 Å². The summed E-state index contributed by atoms with van der Waals surface area (Å²) in [6, 6.07) is 7.12. The zero-order valence-electron chi connectivity index (χ0n) is 17.6. The molecule has 0 saturated carbocycles. The molecule has 4 rings (SSSR count). The Kier molecular flexibility index (Phi) is 6.19. The van der Waals surface area contributed by atoms with Gasteiger partial charge < -0.3 is 15.2 Å². The molecule has 2 aromatic rings. The molecule has 1 spiro atoms. The predicted molar refractivity (Wildman–Crippen MR) is 113 cm³/mol. The van der Waals surface area contributed by atoms with Crippen LogP contribution in [0.15, 0.2) is 41.5 Å². The number of ether oxygens (including phenoxy) is 2. The van der Waals surface area contributed by atoms with E-state index >= 15 is 0 Å². The molecule has 2 aliphatic rings. The fourth-order valence-corrected chi connectivity index (χ4v) is 5.54. The Morgan fingerprint density at radius 2 is 2.03 bits per heavy atom. The smallest absolute Gasteiger partial charge is 0.273 e. The Hall–Kier alpha value is -2.56. The van der Waals surface area contributed by atoms with E-state index in [-0.39, 0.29) is 23.1 Å². The summed E-state index contributed by atoms with van der Waals surface area (Å²) < 4.78 is 54.1. The number of carbonyl (C=O) groups excluding carboxylic acids is 1. The lowest BCUT2D eigenvalue weighted by atomic mass is 9.86. The molecule has 3 atom stereocenters. The SMILES string of the molecule is COC(C)C(=O)N1N=C(c2cc(F)ccc2F)SC12c1cc(F)ccc1OCC2CC[NH3+]. The number of carbonyl (C=O) groups is 1. The van der Waals surface area contributed by atoms with Crippen LogP contribution in [0.1, 0.15) is 24.5 Å². The second-order valence-corrected chi connectivity index (χ2v) is 8.86. The summed E-state index contributed by atoms with van der Waals surface area (Å²) in [5.74, 6) is -2.26. The van der Waals surface area contributed by atoms with E-state index in [2.05, 4.69) is 10.8 Å². The van der Waals surface area contributed by atoms with Crippen LogP contribution in [0, 0.1) is 23.4 Å². The van der Waals surface area contributed by atoms with Gasteiger partial charge in [0.15, 0.2) is 4.87 Å². The normalized spacial score (nSPS) is 23.0. The molecule has 0 aliphatic carbocycles. The van der Waals surface area contributed by atoms with Crippen LogP contribution in [0.25, 0.3) is 0 Å². The van der Waals surface area contributed by atoms with Gasteiger partial charge in [-0.25, -0.2) is 18.2 Å². The number of nitrogens with zero attached hydrogens (tertiary/aromatic N) is 2. The Morgan fingerprint density at radius 1 is 1.31 bits per heavy atom. The van der Waals surface area contributed by atoms with E-state index in [0.717, 1.165) is 30.0 Å². The third kappa shape index (κ3) is 3.66. The maximum Gasteiger partial charge on any atom is 0.273 e. The number of thioether (sulfide) groups is 1. The number of amides is 1. The molecule has 0 fully saturated rings. The summed E-state index contributed by atoms with van der Waals surface area (Å²) in [6.45, 7) is 2.31. The number of halogens is 3. The van der Waals surface area contributed by atoms with Crippen molar-refractivity contribution >= 4 is 22.7 Å². The van der Waals surface area contributed by atoms with Crippen LogP contribution in [0.3, 0.4) is 0 Å². The van der Waals surface area contributed by atoms with Crippen LogP contribution in [0.2, 0.25) is 0 Å². The molecule has 0 bridgehead atoms. The fraction of sp³-hybridized carbons (Fsp3) is 0.364. The summed E-state index contributed by atoms with van der Waals surface area (Å²) in [4.78, 5) is 12.2. The highest BCUT2D eigenvalue weighted by Gasteiger charge is 2.58. The van der Waals surface area contributed by atoms with Crippen LogP contribution in [-0.2, 0) is 14.4 Å². The largest absolute Gasteiger partial charge is 0.493 e. The maximum absolute atomic E-state index is 14.7. The number of rotatable bonds is 5. The molecule has 3 N–H and O–H groups in total. The summed E-state index contributed by atoms with van der Waals surface area (Å²) in [5, 5.41) is 5.79. The second kappa shape index (κ2) is 8.76. The van der Waals surface area contributed by atoms with Gasteiger partial charge >= 0.3 is 0 Å². The Bertz CT molecular complexity index is 1080. The molecule has 32 heavy (non-hydrogen) atoms. The Morgan fingerprint density at radius 3 is 2.75 bits per heavy atom. The van der Waals surface area contributed by atoms with Crippen LogP contribution in [0.4, 0.5) is 13.2 Å². The summed E-state index contributed by atoms with van der Waals surface area (Å²) >= 11 is 1.09. The summed E-state index contributed by atoms with van der Waals surface area (Å²) in [5.41, 5.74) is 4.24. The highest BCUT2D eigenvalue weighted by Crippen LogP contribution is 2.57. The van der Waals surface area contributed by atoms with E-state index in [1.54, 1.807) is 6.92 Å². The van der Waals surface area contributed by atoms with Crippen LogP contribution < -0.4 is 10.5 Å². The molecule has 2 heterocycles. The van der Waals surface area contributed by atoms with Crippen LogP contribution in [-0.4, -0.2) is 42.3 Å². The monoisotopic (exact) mass is 466 g/mol. The lowest BCUT2D eigenvalue weighted by molar-refractivity contribution is -0.371. The predicted octanol–water partition coefficient (Wildman–Crippen LogP) is 2.87. The summed E-state index contributed by atoms with van der Waals surface area (Å²) in [6.07, 6.45) is -0.337. The van der Waals surface area contributed by atoms with Crippen molar-refractivity contribution in [3.8, 4) is 5.75 Å². The molecular weight excluding hydrogens is 443 g/mol. The molecule has 0 radical (unpaired) electrons. The highest BCUT2D eigenvalue weighted by atomic mass is 32.2. The third-order valence-corrected chi connectivity index (χ3v) is 7.23. The highest BCUT2D eigenvalue weighted by molar-refractivity contribution is 8.15. The van der Waals surface area contributed by atoms with Gasteiger partial charge in [0, 0.05) is 30.6 Å². The van der Waals surface area contributed by atoms with E-state index in [9.17, 15) is 18.0 Å². The number of quaternary nitrogens is 1. The average molecular weight is 467 g/mol. The molecule has 170 valence electrons.